The van der Waals surface area contributed by atoms with Gasteiger partial charge in [0, 0.05) is 6.54 Å². The molecule has 0 radical (unpaired) electrons. The predicted octanol–water partition coefficient (Wildman–Crippen LogP) is -0.938. The van der Waals surface area contributed by atoms with Crippen LogP contribution in [-0.2, 0) is 14.8 Å². The van der Waals surface area contributed by atoms with Gasteiger partial charge in [0.1, 0.15) is 0 Å². The molecule has 1 amide bonds. The zero-order valence-corrected chi connectivity index (χ0v) is 8.07. The first-order valence-electron chi connectivity index (χ1n) is 3.76. The average Bonchev–Trinajstić information content (AvgIpc) is 2.02. The standard InChI is InChI=1S/C6H14N2O3S/c1-3-7-6(9)5-8-12(10,11)4-2/h8H,3-5H2,1-2H3,(H,7,9). The van der Waals surface area contributed by atoms with E-state index in [0.29, 0.717) is 6.54 Å². The number of sulfonamides is 1. The number of rotatable bonds is 5. The van der Waals surface area contributed by atoms with Crippen LogP contribution >= 0.6 is 0 Å². The molecule has 12 heavy (non-hydrogen) atoms. The third-order valence-corrected chi connectivity index (χ3v) is 2.55. The first kappa shape index (κ1) is 11.4. The van der Waals surface area contributed by atoms with Gasteiger partial charge in [-0.2, -0.15) is 0 Å². The van der Waals surface area contributed by atoms with Crippen LogP contribution in [0.5, 0.6) is 0 Å². The largest absolute Gasteiger partial charge is 0.355 e. The second kappa shape index (κ2) is 5.10. The van der Waals surface area contributed by atoms with Crippen LogP contribution in [0, 0.1) is 0 Å². The molecule has 0 fully saturated rings. The Bertz CT molecular complexity index is 235. The minimum Gasteiger partial charge on any atom is -0.355 e. The highest BCUT2D eigenvalue weighted by Crippen LogP contribution is 1.80. The van der Waals surface area contributed by atoms with Gasteiger partial charge in [-0.3, -0.25) is 4.79 Å². The van der Waals surface area contributed by atoms with Crippen molar-refractivity contribution in [2.45, 2.75) is 13.8 Å². The van der Waals surface area contributed by atoms with Crippen LogP contribution in [-0.4, -0.2) is 33.2 Å². The number of hydrogen-bond donors (Lipinski definition) is 2. The van der Waals surface area contributed by atoms with Gasteiger partial charge >= 0.3 is 0 Å². The van der Waals surface area contributed by atoms with E-state index in [9.17, 15) is 13.2 Å². The SMILES string of the molecule is CCNC(=O)CNS(=O)(=O)CC. The van der Waals surface area contributed by atoms with Gasteiger partial charge < -0.3 is 5.32 Å². The number of hydrogen-bond acceptors (Lipinski definition) is 3. The van der Waals surface area contributed by atoms with Gasteiger partial charge in [0.2, 0.25) is 15.9 Å². The zero-order chi connectivity index (χ0) is 9.61. The van der Waals surface area contributed by atoms with Crippen LogP contribution in [0.1, 0.15) is 13.8 Å². The second-order valence-corrected chi connectivity index (χ2v) is 4.27. The van der Waals surface area contributed by atoms with Crippen molar-refractivity contribution in [3.8, 4) is 0 Å². The summed E-state index contributed by atoms with van der Waals surface area (Å²) in [6.07, 6.45) is 0. The molecule has 0 aliphatic rings. The smallest absolute Gasteiger partial charge is 0.235 e. The molecule has 0 aromatic heterocycles. The Morgan fingerprint density at radius 3 is 2.33 bits per heavy atom. The molecule has 2 N–H and O–H groups in total. The number of amides is 1. The summed E-state index contributed by atoms with van der Waals surface area (Å²) in [6, 6.07) is 0. The third-order valence-electron chi connectivity index (χ3n) is 1.21. The Hall–Kier alpha value is -0.620. The maximum Gasteiger partial charge on any atom is 0.235 e. The lowest BCUT2D eigenvalue weighted by Gasteiger charge is -2.03. The maximum absolute atomic E-state index is 10.8. The monoisotopic (exact) mass is 194 g/mol. The molecule has 0 aromatic carbocycles. The summed E-state index contributed by atoms with van der Waals surface area (Å²) >= 11 is 0. The molecule has 0 bridgehead atoms. The molecule has 0 aromatic rings. The van der Waals surface area contributed by atoms with Crippen molar-refractivity contribution < 1.29 is 13.2 Å². The van der Waals surface area contributed by atoms with Gasteiger partial charge in [-0.1, -0.05) is 0 Å². The van der Waals surface area contributed by atoms with E-state index in [2.05, 4.69) is 10.0 Å². The lowest BCUT2D eigenvalue weighted by Crippen LogP contribution is -2.37. The van der Waals surface area contributed by atoms with E-state index >= 15 is 0 Å². The summed E-state index contributed by atoms with van der Waals surface area (Å²) in [6.45, 7) is 3.61. The fourth-order valence-electron chi connectivity index (χ4n) is 0.537. The lowest BCUT2D eigenvalue weighted by atomic mass is 10.6. The van der Waals surface area contributed by atoms with Crippen molar-refractivity contribution in [1.29, 1.82) is 0 Å². The summed E-state index contributed by atoms with van der Waals surface area (Å²) in [5.41, 5.74) is 0. The predicted molar refractivity (Wildman–Crippen MR) is 46.1 cm³/mol. The highest BCUT2D eigenvalue weighted by atomic mass is 32.2. The molecule has 0 aliphatic heterocycles. The van der Waals surface area contributed by atoms with Crippen molar-refractivity contribution in [1.82, 2.24) is 10.0 Å². The van der Waals surface area contributed by atoms with E-state index in [0.717, 1.165) is 0 Å². The molecule has 0 heterocycles. The molecule has 0 aliphatic carbocycles. The molecular formula is C6H14N2O3S. The van der Waals surface area contributed by atoms with E-state index in [1.807, 2.05) is 0 Å². The van der Waals surface area contributed by atoms with Crippen molar-refractivity contribution in [2.24, 2.45) is 0 Å². The molecular weight excluding hydrogens is 180 g/mol. The number of carbonyl (C=O) groups excluding carboxylic acids is 1. The second-order valence-electron chi connectivity index (χ2n) is 2.18. The van der Waals surface area contributed by atoms with E-state index < -0.39 is 10.0 Å². The highest BCUT2D eigenvalue weighted by Gasteiger charge is 2.07. The topological polar surface area (TPSA) is 75.3 Å². The van der Waals surface area contributed by atoms with Crippen LogP contribution in [0.15, 0.2) is 0 Å². The van der Waals surface area contributed by atoms with E-state index in [1.54, 1.807) is 6.92 Å². The third kappa shape index (κ3) is 5.09. The first-order chi connectivity index (χ1) is 5.52. The number of carbonyl (C=O) groups is 1. The van der Waals surface area contributed by atoms with Crippen LogP contribution < -0.4 is 10.0 Å². The molecule has 5 nitrogen and oxygen atoms in total. The molecule has 0 rings (SSSR count). The maximum atomic E-state index is 10.8. The molecule has 0 saturated heterocycles. The summed E-state index contributed by atoms with van der Waals surface area (Å²) in [5, 5.41) is 2.48. The molecule has 0 saturated carbocycles. The minimum absolute atomic E-state index is 0.00753. The number of likely N-dealkylation sites (N-methyl/N-ethyl adjacent to an activating group) is 1. The van der Waals surface area contributed by atoms with Gasteiger partial charge in [-0.05, 0) is 13.8 Å². The zero-order valence-electron chi connectivity index (χ0n) is 7.25. The molecule has 0 atom stereocenters. The fourth-order valence-corrected chi connectivity index (χ4v) is 1.09. The van der Waals surface area contributed by atoms with Crippen LogP contribution in [0.25, 0.3) is 0 Å². The molecule has 72 valence electrons. The highest BCUT2D eigenvalue weighted by molar-refractivity contribution is 7.89. The summed E-state index contributed by atoms with van der Waals surface area (Å²) in [5.74, 6) is -0.318. The van der Waals surface area contributed by atoms with Gasteiger partial charge in [-0.15, -0.1) is 0 Å². The summed E-state index contributed by atoms with van der Waals surface area (Å²) in [4.78, 5) is 10.8. The fraction of sp³-hybridized carbons (Fsp3) is 0.833. The normalized spacial score (nSPS) is 11.2. The van der Waals surface area contributed by atoms with Crippen molar-refractivity contribution in [3.63, 3.8) is 0 Å². The Kier molecular flexibility index (Phi) is 4.84. The quantitative estimate of drug-likeness (QED) is 0.593. The number of nitrogens with one attached hydrogen (secondary N) is 2. The van der Waals surface area contributed by atoms with Crippen molar-refractivity contribution in [2.75, 3.05) is 18.8 Å². The Morgan fingerprint density at radius 1 is 1.33 bits per heavy atom. The van der Waals surface area contributed by atoms with Crippen LogP contribution in [0.3, 0.4) is 0 Å². The molecule has 0 unspecified atom stereocenters. The van der Waals surface area contributed by atoms with E-state index in [4.69, 9.17) is 0 Å². The Labute approximate surface area is 72.6 Å². The van der Waals surface area contributed by atoms with Crippen LogP contribution in [0.4, 0.5) is 0 Å². The minimum atomic E-state index is -3.24. The average molecular weight is 194 g/mol. The summed E-state index contributed by atoms with van der Waals surface area (Å²) in [7, 11) is -3.24. The van der Waals surface area contributed by atoms with Gasteiger partial charge in [0.25, 0.3) is 0 Å². The molecule has 0 spiro atoms. The van der Waals surface area contributed by atoms with E-state index in [1.165, 1.54) is 6.92 Å². The van der Waals surface area contributed by atoms with E-state index in [-0.39, 0.29) is 18.2 Å². The van der Waals surface area contributed by atoms with Gasteiger partial charge in [0.15, 0.2) is 0 Å². The van der Waals surface area contributed by atoms with Crippen molar-refractivity contribution >= 4 is 15.9 Å². The summed E-state index contributed by atoms with van der Waals surface area (Å²) < 4.78 is 23.8. The lowest BCUT2D eigenvalue weighted by molar-refractivity contribution is -0.119. The molecule has 6 heteroatoms. The Balaban J connectivity index is 3.76. The Morgan fingerprint density at radius 2 is 1.92 bits per heavy atom. The van der Waals surface area contributed by atoms with Crippen LogP contribution in [0.2, 0.25) is 0 Å². The van der Waals surface area contributed by atoms with Gasteiger partial charge in [0.05, 0.1) is 12.3 Å². The van der Waals surface area contributed by atoms with Crippen molar-refractivity contribution in [3.05, 3.63) is 0 Å². The first-order valence-corrected chi connectivity index (χ1v) is 5.41. The van der Waals surface area contributed by atoms with Gasteiger partial charge in [-0.25, -0.2) is 13.1 Å².